The number of nitrogens with two attached hydrogens (primary N) is 1. The number of nitrogens with one attached hydrogen (secondary N) is 1. The summed E-state index contributed by atoms with van der Waals surface area (Å²) < 4.78 is 0. The number of anilines is 2. The predicted molar refractivity (Wildman–Crippen MR) is 88.4 cm³/mol. The van der Waals surface area contributed by atoms with Crippen LogP contribution in [0.15, 0.2) is 47.6 Å². The molecule has 0 spiro atoms. The zero-order chi connectivity index (χ0) is 15.1. The molecule has 2 rings (SSSR count). The van der Waals surface area contributed by atoms with E-state index in [1.165, 1.54) is 0 Å². The molecule has 0 aliphatic rings. The van der Waals surface area contributed by atoms with Gasteiger partial charge in [-0.2, -0.15) is 0 Å². The van der Waals surface area contributed by atoms with Gasteiger partial charge < -0.3 is 11.1 Å². The highest BCUT2D eigenvalue weighted by Gasteiger charge is 2.04. The molecule has 0 aliphatic heterocycles. The molecule has 3 N–H and O–H groups in total. The standard InChI is InChI=1S/C16H19N3OS/c1-12-4-2-5-13(10-12)19-16(20)6-3-9-21-15-7-8-18-11-14(15)17/h2,4-5,7-8,10-11H,3,6,9,17H2,1H3,(H,19,20). The van der Waals surface area contributed by atoms with Crippen LogP contribution in [0, 0.1) is 6.92 Å². The van der Waals surface area contributed by atoms with Crippen LogP contribution >= 0.6 is 11.8 Å². The monoisotopic (exact) mass is 301 g/mol. The maximum atomic E-state index is 11.8. The number of benzene rings is 1. The zero-order valence-electron chi connectivity index (χ0n) is 12.0. The van der Waals surface area contributed by atoms with Crippen molar-refractivity contribution >= 4 is 29.0 Å². The third-order valence-electron chi connectivity index (χ3n) is 2.92. The van der Waals surface area contributed by atoms with E-state index in [1.54, 1.807) is 24.2 Å². The van der Waals surface area contributed by atoms with Gasteiger partial charge >= 0.3 is 0 Å². The fraction of sp³-hybridized carbons (Fsp3) is 0.250. The largest absolute Gasteiger partial charge is 0.397 e. The number of aryl methyl sites for hydroxylation is 1. The van der Waals surface area contributed by atoms with Crippen molar-refractivity contribution in [3.8, 4) is 0 Å². The van der Waals surface area contributed by atoms with Gasteiger partial charge in [0.25, 0.3) is 0 Å². The molecule has 0 fully saturated rings. The number of carbonyl (C=O) groups excluding carboxylic acids is 1. The summed E-state index contributed by atoms with van der Waals surface area (Å²) in [6.07, 6.45) is 4.69. The summed E-state index contributed by atoms with van der Waals surface area (Å²) in [5.74, 6) is 0.902. The number of aromatic nitrogens is 1. The first-order chi connectivity index (χ1) is 10.1. The number of carbonyl (C=O) groups is 1. The van der Waals surface area contributed by atoms with E-state index in [9.17, 15) is 4.79 Å². The minimum absolute atomic E-state index is 0.0453. The first kappa shape index (κ1) is 15.4. The quantitative estimate of drug-likeness (QED) is 0.633. The maximum Gasteiger partial charge on any atom is 0.224 e. The van der Waals surface area contributed by atoms with Crippen LogP contribution in [-0.2, 0) is 4.79 Å². The first-order valence-corrected chi connectivity index (χ1v) is 7.82. The number of hydrogen-bond acceptors (Lipinski definition) is 4. The van der Waals surface area contributed by atoms with Crippen LogP contribution in [0.25, 0.3) is 0 Å². The second-order valence-electron chi connectivity index (χ2n) is 4.78. The Morgan fingerprint density at radius 3 is 3.00 bits per heavy atom. The Kier molecular flexibility index (Phi) is 5.63. The van der Waals surface area contributed by atoms with E-state index in [0.29, 0.717) is 12.1 Å². The van der Waals surface area contributed by atoms with E-state index in [4.69, 9.17) is 5.73 Å². The third-order valence-corrected chi connectivity index (χ3v) is 4.09. The van der Waals surface area contributed by atoms with Crippen molar-refractivity contribution in [3.05, 3.63) is 48.3 Å². The second kappa shape index (κ2) is 7.69. The van der Waals surface area contributed by atoms with Crippen molar-refractivity contribution in [1.82, 2.24) is 4.98 Å². The van der Waals surface area contributed by atoms with E-state index in [-0.39, 0.29) is 5.91 Å². The van der Waals surface area contributed by atoms with Gasteiger partial charge in [-0.15, -0.1) is 11.8 Å². The minimum Gasteiger partial charge on any atom is -0.397 e. The first-order valence-electron chi connectivity index (χ1n) is 6.84. The average Bonchev–Trinajstić information content (AvgIpc) is 2.45. The summed E-state index contributed by atoms with van der Waals surface area (Å²) in [4.78, 5) is 16.8. The lowest BCUT2D eigenvalue weighted by atomic mass is 10.2. The fourth-order valence-corrected chi connectivity index (χ4v) is 2.77. The molecule has 0 unspecified atom stereocenters. The van der Waals surface area contributed by atoms with Gasteiger partial charge in [-0.1, -0.05) is 12.1 Å². The molecule has 0 saturated carbocycles. The molecule has 2 aromatic rings. The third kappa shape index (κ3) is 5.11. The Bertz CT molecular complexity index is 616. The molecule has 0 saturated heterocycles. The molecule has 21 heavy (non-hydrogen) atoms. The van der Waals surface area contributed by atoms with Crippen molar-refractivity contribution in [2.24, 2.45) is 0 Å². The van der Waals surface area contributed by atoms with Crippen molar-refractivity contribution in [2.45, 2.75) is 24.7 Å². The highest BCUT2D eigenvalue weighted by Crippen LogP contribution is 2.24. The van der Waals surface area contributed by atoms with Gasteiger partial charge in [0, 0.05) is 23.2 Å². The number of hydrogen-bond donors (Lipinski definition) is 2. The highest BCUT2D eigenvalue weighted by molar-refractivity contribution is 7.99. The molecular formula is C16H19N3OS. The normalized spacial score (nSPS) is 10.3. The molecule has 0 radical (unpaired) electrons. The van der Waals surface area contributed by atoms with Gasteiger partial charge in [-0.3, -0.25) is 9.78 Å². The van der Waals surface area contributed by atoms with Gasteiger partial charge in [-0.05, 0) is 42.9 Å². The molecule has 0 bridgehead atoms. The summed E-state index contributed by atoms with van der Waals surface area (Å²) in [5, 5.41) is 2.91. The molecule has 1 amide bonds. The van der Waals surface area contributed by atoms with Crippen LogP contribution in [-0.4, -0.2) is 16.6 Å². The van der Waals surface area contributed by atoms with E-state index in [1.807, 2.05) is 37.3 Å². The van der Waals surface area contributed by atoms with Crippen LogP contribution in [0.3, 0.4) is 0 Å². The summed E-state index contributed by atoms with van der Waals surface area (Å²) in [5.41, 5.74) is 8.49. The molecular weight excluding hydrogens is 282 g/mol. The van der Waals surface area contributed by atoms with Crippen LogP contribution in [0.2, 0.25) is 0 Å². The van der Waals surface area contributed by atoms with E-state index < -0.39 is 0 Å². The lowest BCUT2D eigenvalue weighted by Gasteiger charge is -2.06. The minimum atomic E-state index is 0.0453. The van der Waals surface area contributed by atoms with Crippen LogP contribution in [0.1, 0.15) is 18.4 Å². The number of nitrogen functional groups attached to an aromatic ring is 1. The van der Waals surface area contributed by atoms with Crippen LogP contribution < -0.4 is 11.1 Å². The number of pyridine rings is 1. The number of nitrogens with zero attached hydrogens (tertiary/aromatic N) is 1. The molecule has 110 valence electrons. The smallest absolute Gasteiger partial charge is 0.224 e. The summed E-state index contributed by atoms with van der Waals surface area (Å²) >= 11 is 1.65. The molecule has 4 nitrogen and oxygen atoms in total. The summed E-state index contributed by atoms with van der Waals surface area (Å²) in [7, 11) is 0. The average molecular weight is 301 g/mol. The molecule has 0 aliphatic carbocycles. The molecule has 1 aromatic carbocycles. The van der Waals surface area contributed by atoms with Crippen LogP contribution in [0.4, 0.5) is 11.4 Å². The number of rotatable bonds is 6. The Labute approximate surface area is 129 Å². The van der Waals surface area contributed by atoms with E-state index in [0.717, 1.165) is 28.3 Å². The van der Waals surface area contributed by atoms with Crippen molar-refractivity contribution in [3.63, 3.8) is 0 Å². The van der Waals surface area contributed by atoms with Gasteiger partial charge in [0.1, 0.15) is 0 Å². The Balaban J connectivity index is 1.71. The summed E-state index contributed by atoms with van der Waals surface area (Å²) in [6, 6.07) is 9.70. The van der Waals surface area contributed by atoms with Crippen molar-refractivity contribution in [1.29, 1.82) is 0 Å². The van der Waals surface area contributed by atoms with Gasteiger partial charge in [0.2, 0.25) is 5.91 Å². The molecule has 0 atom stereocenters. The lowest BCUT2D eigenvalue weighted by Crippen LogP contribution is -2.11. The second-order valence-corrected chi connectivity index (χ2v) is 5.92. The molecule has 5 heteroatoms. The zero-order valence-corrected chi connectivity index (χ0v) is 12.8. The highest BCUT2D eigenvalue weighted by atomic mass is 32.2. The molecule has 1 heterocycles. The summed E-state index contributed by atoms with van der Waals surface area (Å²) in [6.45, 7) is 2.01. The van der Waals surface area contributed by atoms with E-state index in [2.05, 4.69) is 10.3 Å². The Morgan fingerprint density at radius 1 is 1.38 bits per heavy atom. The van der Waals surface area contributed by atoms with Crippen LogP contribution in [0.5, 0.6) is 0 Å². The Morgan fingerprint density at radius 2 is 2.24 bits per heavy atom. The number of thioether (sulfide) groups is 1. The van der Waals surface area contributed by atoms with Crippen molar-refractivity contribution < 1.29 is 4.79 Å². The predicted octanol–water partition coefficient (Wildman–Crippen LogP) is 3.48. The SMILES string of the molecule is Cc1cccc(NC(=O)CCCSc2ccncc2N)c1. The fourth-order valence-electron chi connectivity index (χ4n) is 1.89. The maximum absolute atomic E-state index is 11.8. The lowest BCUT2D eigenvalue weighted by molar-refractivity contribution is -0.116. The Hall–Kier alpha value is -2.01. The topological polar surface area (TPSA) is 68.0 Å². The number of amides is 1. The van der Waals surface area contributed by atoms with Gasteiger partial charge in [0.05, 0.1) is 11.9 Å². The van der Waals surface area contributed by atoms with Crippen molar-refractivity contribution in [2.75, 3.05) is 16.8 Å². The molecule has 1 aromatic heterocycles. The van der Waals surface area contributed by atoms with E-state index >= 15 is 0 Å². The van der Waals surface area contributed by atoms with Gasteiger partial charge in [0.15, 0.2) is 0 Å². The van der Waals surface area contributed by atoms with Gasteiger partial charge in [-0.25, -0.2) is 0 Å².